The summed E-state index contributed by atoms with van der Waals surface area (Å²) < 4.78 is 5.41. The van der Waals surface area contributed by atoms with E-state index in [2.05, 4.69) is 0 Å². The summed E-state index contributed by atoms with van der Waals surface area (Å²) in [6.07, 6.45) is 0.620. The van der Waals surface area contributed by atoms with Crippen molar-refractivity contribution in [1.29, 1.82) is 0 Å². The summed E-state index contributed by atoms with van der Waals surface area (Å²) in [5.41, 5.74) is 0.682. The van der Waals surface area contributed by atoms with Gasteiger partial charge in [-0.1, -0.05) is 36.1 Å². The van der Waals surface area contributed by atoms with E-state index in [-0.39, 0.29) is 4.32 Å². The van der Waals surface area contributed by atoms with Gasteiger partial charge in [-0.05, 0) is 30.7 Å². The van der Waals surface area contributed by atoms with E-state index in [1.807, 2.05) is 0 Å². The smallest absolute Gasteiger partial charge is 0.344 e. The van der Waals surface area contributed by atoms with E-state index < -0.39 is 30.5 Å². The van der Waals surface area contributed by atoms with Crippen molar-refractivity contribution < 1.29 is 29.3 Å². The van der Waals surface area contributed by atoms with Crippen LogP contribution in [0.5, 0.6) is 5.75 Å². The summed E-state index contributed by atoms with van der Waals surface area (Å²) in [6, 6.07) is 6.49. The topological polar surface area (TPSA) is 104 Å². The van der Waals surface area contributed by atoms with E-state index in [4.69, 9.17) is 27.2 Å². The van der Waals surface area contributed by atoms with Crippen molar-refractivity contribution in [3.63, 3.8) is 0 Å². The summed E-state index contributed by atoms with van der Waals surface area (Å²) in [5.74, 6) is -2.27. The second kappa shape index (κ2) is 7.45. The SMILES string of the molecule is C[C@H](Oc1ccc(/C=C2\SC(=S)N(CC(=O)O)C2=O)cc1)C(=O)O. The summed E-state index contributed by atoms with van der Waals surface area (Å²) in [7, 11) is 0. The van der Waals surface area contributed by atoms with Gasteiger partial charge in [0.05, 0.1) is 4.91 Å². The summed E-state index contributed by atoms with van der Waals surface area (Å²) >= 11 is 6.04. The largest absolute Gasteiger partial charge is 0.480 e. The number of rotatable bonds is 6. The molecule has 0 spiro atoms. The molecule has 126 valence electrons. The van der Waals surface area contributed by atoms with Gasteiger partial charge in [0.2, 0.25) is 0 Å². The third kappa shape index (κ3) is 4.33. The van der Waals surface area contributed by atoms with Crippen LogP contribution in [0.3, 0.4) is 0 Å². The lowest BCUT2D eigenvalue weighted by Gasteiger charge is -2.10. The van der Waals surface area contributed by atoms with Gasteiger partial charge in [-0.3, -0.25) is 14.5 Å². The standard InChI is InChI=1S/C15H13NO6S2/c1-8(14(20)21)22-10-4-2-9(3-5-10)6-11-13(19)16(7-12(17)18)15(23)24-11/h2-6,8H,7H2,1H3,(H,17,18)(H,20,21)/b11-6-/t8-/m0/s1. The molecule has 2 N–H and O–H groups in total. The van der Waals surface area contributed by atoms with Gasteiger partial charge in [-0.15, -0.1) is 0 Å². The van der Waals surface area contributed by atoms with Crippen molar-refractivity contribution >= 4 is 52.2 Å². The first kappa shape index (κ1) is 18.0. The van der Waals surface area contributed by atoms with Crippen molar-refractivity contribution in [1.82, 2.24) is 4.90 Å². The molecule has 1 saturated heterocycles. The number of carboxylic acids is 2. The molecule has 1 fully saturated rings. The fourth-order valence-corrected chi connectivity index (χ4v) is 3.08. The molecule has 1 atom stereocenters. The number of ether oxygens (including phenoxy) is 1. The number of hydrogen-bond donors (Lipinski definition) is 2. The van der Waals surface area contributed by atoms with Crippen molar-refractivity contribution in [2.75, 3.05) is 6.54 Å². The molecular formula is C15H13NO6S2. The van der Waals surface area contributed by atoms with Gasteiger partial charge >= 0.3 is 11.9 Å². The monoisotopic (exact) mass is 367 g/mol. The van der Waals surface area contributed by atoms with Crippen LogP contribution in [0.15, 0.2) is 29.2 Å². The van der Waals surface area contributed by atoms with Gasteiger partial charge in [0, 0.05) is 0 Å². The highest BCUT2D eigenvalue weighted by molar-refractivity contribution is 8.26. The number of benzene rings is 1. The zero-order valence-electron chi connectivity index (χ0n) is 12.5. The number of hydrogen-bond acceptors (Lipinski definition) is 6. The quantitative estimate of drug-likeness (QED) is 0.580. The van der Waals surface area contributed by atoms with Gasteiger partial charge in [-0.2, -0.15) is 0 Å². The molecule has 0 bridgehead atoms. The Balaban J connectivity index is 2.11. The Labute approximate surface area is 146 Å². The number of carbonyl (C=O) groups excluding carboxylic acids is 1. The molecule has 1 aromatic rings. The van der Waals surface area contributed by atoms with Crippen molar-refractivity contribution in [2.24, 2.45) is 0 Å². The van der Waals surface area contributed by atoms with E-state index in [9.17, 15) is 14.4 Å². The van der Waals surface area contributed by atoms with Crippen LogP contribution in [0, 0.1) is 0 Å². The Bertz CT molecular complexity index is 728. The number of thioether (sulfide) groups is 1. The molecule has 9 heteroatoms. The van der Waals surface area contributed by atoms with Crippen molar-refractivity contribution in [3.8, 4) is 5.75 Å². The Morgan fingerprint density at radius 3 is 2.50 bits per heavy atom. The maximum atomic E-state index is 12.1. The normalized spacial score (nSPS) is 17.2. The predicted octanol–water partition coefficient (Wildman–Crippen LogP) is 1.82. The number of carboxylic acid groups (broad SMARTS) is 2. The van der Waals surface area contributed by atoms with E-state index >= 15 is 0 Å². The molecule has 0 aliphatic carbocycles. The zero-order valence-corrected chi connectivity index (χ0v) is 14.1. The van der Waals surface area contributed by atoms with Gasteiger partial charge in [0.25, 0.3) is 5.91 Å². The molecule has 1 heterocycles. The lowest BCUT2D eigenvalue weighted by atomic mass is 10.2. The minimum atomic E-state index is -1.14. The molecule has 0 radical (unpaired) electrons. The number of thiocarbonyl (C=S) groups is 1. The molecule has 1 amide bonds. The van der Waals surface area contributed by atoms with E-state index in [0.29, 0.717) is 16.2 Å². The van der Waals surface area contributed by atoms with Crippen LogP contribution in [-0.2, 0) is 14.4 Å². The van der Waals surface area contributed by atoms with Crippen LogP contribution < -0.4 is 4.74 Å². The summed E-state index contributed by atoms with van der Waals surface area (Å²) in [4.78, 5) is 35.0. The van der Waals surface area contributed by atoms with Gasteiger partial charge in [-0.25, -0.2) is 4.79 Å². The minimum absolute atomic E-state index is 0.198. The molecule has 1 aromatic carbocycles. The highest BCUT2D eigenvalue weighted by atomic mass is 32.2. The maximum Gasteiger partial charge on any atom is 0.344 e. The minimum Gasteiger partial charge on any atom is -0.480 e. The molecular weight excluding hydrogens is 354 g/mol. The Hall–Kier alpha value is -2.39. The van der Waals surface area contributed by atoms with Gasteiger partial charge in [0.15, 0.2) is 6.10 Å². The molecule has 0 unspecified atom stereocenters. The molecule has 2 rings (SSSR count). The fraction of sp³-hybridized carbons (Fsp3) is 0.200. The third-order valence-corrected chi connectivity index (χ3v) is 4.38. The predicted molar refractivity (Wildman–Crippen MR) is 91.7 cm³/mol. The van der Waals surface area contributed by atoms with Gasteiger partial charge < -0.3 is 14.9 Å². The lowest BCUT2D eigenvalue weighted by Crippen LogP contribution is -2.33. The third-order valence-electron chi connectivity index (χ3n) is 3.01. The molecule has 24 heavy (non-hydrogen) atoms. The van der Waals surface area contributed by atoms with E-state index in [1.54, 1.807) is 30.3 Å². The first-order valence-electron chi connectivity index (χ1n) is 6.74. The first-order valence-corrected chi connectivity index (χ1v) is 7.97. The first-order chi connectivity index (χ1) is 11.3. The molecule has 0 saturated carbocycles. The summed E-state index contributed by atoms with van der Waals surface area (Å²) in [5, 5.41) is 17.6. The summed E-state index contributed by atoms with van der Waals surface area (Å²) in [6.45, 7) is 0.950. The number of nitrogens with zero attached hydrogens (tertiary/aromatic N) is 1. The van der Waals surface area contributed by atoms with Crippen LogP contribution in [0.25, 0.3) is 6.08 Å². The Morgan fingerprint density at radius 2 is 1.96 bits per heavy atom. The zero-order chi connectivity index (χ0) is 17.9. The second-order valence-electron chi connectivity index (χ2n) is 4.83. The van der Waals surface area contributed by atoms with Crippen molar-refractivity contribution in [2.45, 2.75) is 13.0 Å². The van der Waals surface area contributed by atoms with Crippen LogP contribution in [-0.4, -0.2) is 49.9 Å². The van der Waals surface area contributed by atoms with Crippen LogP contribution in [0.1, 0.15) is 12.5 Å². The van der Waals surface area contributed by atoms with Crippen LogP contribution >= 0.6 is 24.0 Å². The Kier molecular flexibility index (Phi) is 5.58. The van der Waals surface area contributed by atoms with Crippen molar-refractivity contribution in [3.05, 3.63) is 34.7 Å². The number of amides is 1. The van der Waals surface area contributed by atoms with Gasteiger partial charge in [0.1, 0.15) is 16.6 Å². The average Bonchev–Trinajstić information content (AvgIpc) is 2.76. The number of carbonyl (C=O) groups is 3. The number of aliphatic carboxylic acids is 2. The highest BCUT2D eigenvalue weighted by Crippen LogP contribution is 2.32. The molecule has 0 aromatic heterocycles. The maximum absolute atomic E-state index is 12.1. The van der Waals surface area contributed by atoms with E-state index in [0.717, 1.165) is 16.7 Å². The molecule has 1 aliphatic rings. The molecule has 7 nitrogen and oxygen atoms in total. The van der Waals surface area contributed by atoms with Crippen LogP contribution in [0.4, 0.5) is 0 Å². The molecule has 1 aliphatic heterocycles. The Morgan fingerprint density at radius 1 is 1.33 bits per heavy atom. The lowest BCUT2D eigenvalue weighted by molar-refractivity contribution is -0.144. The fourth-order valence-electron chi connectivity index (χ4n) is 1.82. The van der Waals surface area contributed by atoms with Crippen LogP contribution in [0.2, 0.25) is 0 Å². The second-order valence-corrected chi connectivity index (χ2v) is 6.50. The average molecular weight is 367 g/mol. The highest BCUT2D eigenvalue weighted by Gasteiger charge is 2.33. The van der Waals surface area contributed by atoms with E-state index in [1.165, 1.54) is 6.92 Å².